The molecule has 6 nitrogen and oxygen atoms in total. The number of hydrogen-bond acceptors (Lipinski definition) is 4. The van der Waals surface area contributed by atoms with Crippen molar-refractivity contribution in [3.8, 4) is 0 Å². The Morgan fingerprint density at radius 1 is 1.50 bits per heavy atom. The largest absolute Gasteiger partial charge is 0.481 e. The van der Waals surface area contributed by atoms with Crippen molar-refractivity contribution in [1.29, 1.82) is 0 Å². The number of ether oxygens (including phenoxy) is 1. The van der Waals surface area contributed by atoms with Gasteiger partial charge in [0, 0.05) is 25.1 Å². The lowest BCUT2D eigenvalue weighted by molar-refractivity contribution is -0.140. The van der Waals surface area contributed by atoms with Gasteiger partial charge in [-0.3, -0.25) is 9.59 Å². The molecule has 0 spiro atoms. The van der Waals surface area contributed by atoms with Gasteiger partial charge in [0.15, 0.2) is 0 Å². The van der Waals surface area contributed by atoms with Crippen molar-refractivity contribution in [2.75, 3.05) is 13.2 Å². The summed E-state index contributed by atoms with van der Waals surface area (Å²) in [4.78, 5) is 22.3. The summed E-state index contributed by atoms with van der Waals surface area (Å²) >= 11 is 0. The van der Waals surface area contributed by atoms with Gasteiger partial charge in [0.2, 0.25) is 5.91 Å². The first-order valence-electron chi connectivity index (χ1n) is 6.34. The number of carboxylic acid groups (broad SMARTS) is 1. The van der Waals surface area contributed by atoms with E-state index in [1.807, 2.05) is 0 Å². The van der Waals surface area contributed by atoms with Crippen LogP contribution < -0.4 is 11.1 Å². The number of carbonyl (C=O) groups excluding carboxylic acids is 1. The third kappa shape index (κ3) is 5.01. The summed E-state index contributed by atoms with van der Waals surface area (Å²) in [6.45, 7) is 2.43. The van der Waals surface area contributed by atoms with Gasteiger partial charge in [-0.05, 0) is 26.2 Å². The topological polar surface area (TPSA) is 102 Å². The molecule has 1 amide bonds. The van der Waals surface area contributed by atoms with E-state index in [1.54, 1.807) is 6.92 Å². The third-order valence-corrected chi connectivity index (χ3v) is 3.19. The Morgan fingerprint density at radius 2 is 2.17 bits per heavy atom. The van der Waals surface area contributed by atoms with Crippen LogP contribution in [0.5, 0.6) is 0 Å². The molecule has 104 valence electrons. The van der Waals surface area contributed by atoms with Gasteiger partial charge < -0.3 is 20.9 Å². The molecule has 0 bridgehead atoms. The summed E-state index contributed by atoms with van der Waals surface area (Å²) in [5.74, 6) is -1.07. The second-order valence-electron chi connectivity index (χ2n) is 4.87. The van der Waals surface area contributed by atoms with E-state index in [2.05, 4.69) is 5.32 Å². The van der Waals surface area contributed by atoms with Crippen molar-refractivity contribution in [3.05, 3.63) is 0 Å². The van der Waals surface area contributed by atoms with Crippen LogP contribution in [0.3, 0.4) is 0 Å². The second kappa shape index (κ2) is 6.70. The molecule has 0 aliphatic heterocycles. The number of carbonyl (C=O) groups is 2. The minimum absolute atomic E-state index is 0.109. The number of nitrogens with one attached hydrogen (secondary N) is 1. The second-order valence-corrected chi connectivity index (χ2v) is 4.87. The first kappa shape index (κ1) is 14.9. The first-order valence-corrected chi connectivity index (χ1v) is 6.34. The van der Waals surface area contributed by atoms with Gasteiger partial charge in [0.05, 0.1) is 12.5 Å². The summed E-state index contributed by atoms with van der Waals surface area (Å²) in [5, 5.41) is 11.4. The number of nitrogens with two attached hydrogens (primary N) is 1. The quantitative estimate of drug-likeness (QED) is 0.579. The molecule has 4 N–H and O–H groups in total. The molecule has 1 aliphatic carbocycles. The predicted octanol–water partition coefficient (Wildman–Crippen LogP) is 0.254. The van der Waals surface area contributed by atoms with Crippen molar-refractivity contribution in [1.82, 2.24) is 5.32 Å². The predicted molar refractivity (Wildman–Crippen MR) is 66.1 cm³/mol. The number of hydrogen-bond donors (Lipinski definition) is 3. The molecule has 1 saturated carbocycles. The summed E-state index contributed by atoms with van der Waals surface area (Å²) in [6, 6.07) is 0. The van der Waals surface area contributed by atoms with Crippen LogP contribution in [0.4, 0.5) is 0 Å². The Morgan fingerprint density at radius 3 is 2.61 bits per heavy atom. The van der Waals surface area contributed by atoms with E-state index in [0.29, 0.717) is 13.0 Å². The average molecular weight is 258 g/mol. The highest BCUT2D eigenvalue weighted by Crippen LogP contribution is 2.31. The molecular weight excluding hydrogens is 236 g/mol. The highest BCUT2D eigenvalue weighted by atomic mass is 16.5. The van der Waals surface area contributed by atoms with E-state index in [-0.39, 0.29) is 24.4 Å². The summed E-state index contributed by atoms with van der Waals surface area (Å²) < 4.78 is 5.25. The van der Waals surface area contributed by atoms with Gasteiger partial charge in [-0.25, -0.2) is 0 Å². The highest BCUT2D eigenvalue weighted by molar-refractivity contribution is 5.77. The molecule has 1 unspecified atom stereocenters. The molecule has 0 saturated heterocycles. The van der Waals surface area contributed by atoms with Gasteiger partial charge in [0.25, 0.3) is 0 Å². The summed E-state index contributed by atoms with van der Waals surface area (Å²) in [5.41, 5.74) is 5.61. The normalized spacial score (nSPS) is 18.8. The van der Waals surface area contributed by atoms with E-state index in [1.165, 1.54) is 0 Å². The first-order chi connectivity index (χ1) is 8.45. The van der Waals surface area contributed by atoms with Crippen LogP contribution in [0.2, 0.25) is 0 Å². The summed E-state index contributed by atoms with van der Waals surface area (Å²) in [7, 11) is 0. The molecule has 18 heavy (non-hydrogen) atoms. The Kier molecular flexibility index (Phi) is 5.55. The van der Waals surface area contributed by atoms with Gasteiger partial charge >= 0.3 is 5.97 Å². The van der Waals surface area contributed by atoms with Crippen molar-refractivity contribution >= 4 is 11.9 Å². The summed E-state index contributed by atoms with van der Waals surface area (Å²) in [6.07, 6.45) is 2.55. The van der Waals surface area contributed by atoms with Gasteiger partial charge in [-0.1, -0.05) is 0 Å². The molecule has 6 heteroatoms. The zero-order valence-corrected chi connectivity index (χ0v) is 10.8. The Balaban J connectivity index is 2.27. The molecule has 0 aromatic carbocycles. The number of carboxylic acids is 1. The van der Waals surface area contributed by atoms with E-state index < -0.39 is 12.1 Å². The highest BCUT2D eigenvalue weighted by Gasteiger charge is 2.34. The van der Waals surface area contributed by atoms with E-state index >= 15 is 0 Å². The number of aliphatic carboxylic acids is 1. The van der Waals surface area contributed by atoms with Crippen LogP contribution >= 0.6 is 0 Å². The Bertz CT molecular complexity index is 302. The lowest BCUT2D eigenvalue weighted by Gasteiger charge is -2.37. The molecule has 1 rings (SSSR count). The molecule has 1 fully saturated rings. The smallest absolute Gasteiger partial charge is 0.306 e. The van der Waals surface area contributed by atoms with Crippen LogP contribution in [0, 0.1) is 0 Å². The third-order valence-electron chi connectivity index (χ3n) is 3.19. The minimum Gasteiger partial charge on any atom is -0.481 e. The van der Waals surface area contributed by atoms with E-state index in [9.17, 15) is 9.59 Å². The maximum atomic E-state index is 11.7. The van der Waals surface area contributed by atoms with Crippen LogP contribution in [-0.2, 0) is 14.3 Å². The van der Waals surface area contributed by atoms with Crippen LogP contribution in [0.15, 0.2) is 0 Å². The monoisotopic (exact) mass is 258 g/mol. The lowest BCUT2D eigenvalue weighted by Crippen LogP contribution is -2.50. The van der Waals surface area contributed by atoms with Crippen molar-refractivity contribution in [2.45, 2.75) is 50.7 Å². The molecular formula is C12H22N2O4. The maximum Gasteiger partial charge on any atom is 0.306 e. The van der Waals surface area contributed by atoms with Gasteiger partial charge in [-0.15, -0.1) is 0 Å². The molecule has 0 radical (unpaired) electrons. The zero-order chi connectivity index (χ0) is 13.6. The number of rotatable bonds is 8. The van der Waals surface area contributed by atoms with Gasteiger partial charge in [0.1, 0.15) is 0 Å². The SMILES string of the molecule is CCOC(CNC(=O)CC1(N)CCC1)CC(=O)O. The number of amides is 1. The van der Waals surface area contributed by atoms with Crippen molar-refractivity contribution in [3.63, 3.8) is 0 Å². The Labute approximate surface area is 107 Å². The standard InChI is InChI=1S/C12H22N2O4/c1-2-18-9(6-11(16)17)8-14-10(15)7-12(13)4-3-5-12/h9H,2-8,13H2,1H3,(H,14,15)(H,16,17). The van der Waals surface area contributed by atoms with E-state index in [4.69, 9.17) is 15.6 Å². The average Bonchev–Trinajstić information content (AvgIpc) is 2.23. The molecule has 0 heterocycles. The van der Waals surface area contributed by atoms with Gasteiger partial charge in [-0.2, -0.15) is 0 Å². The fraction of sp³-hybridized carbons (Fsp3) is 0.833. The lowest BCUT2D eigenvalue weighted by atomic mass is 9.75. The van der Waals surface area contributed by atoms with Crippen molar-refractivity contribution in [2.24, 2.45) is 5.73 Å². The molecule has 1 atom stereocenters. The molecule has 0 aromatic heterocycles. The molecule has 1 aliphatic rings. The van der Waals surface area contributed by atoms with E-state index in [0.717, 1.165) is 19.3 Å². The fourth-order valence-corrected chi connectivity index (χ4v) is 2.04. The Hall–Kier alpha value is -1.14. The minimum atomic E-state index is -0.933. The van der Waals surface area contributed by atoms with Crippen LogP contribution in [0.25, 0.3) is 0 Å². The zero-order valence-electron chi connectivity index (χ0n) is 10.8. The maximum absolute atomic E-state index is 11.7. The van der Waals surface area contributed by atoms with Crippen LogP contribution in [0.1, 0.15) is 39.0 Å². The van der Waals surface area contributed by atoms with Crippen molar-refractivity contribution < 1.29 is 19.4 Å². The van der Waals surface area contributed by atoms with Crippen LogP contribution in [-0.4, -0.2) is 41.8 Å². The fourth-order valence-electron chi connectivity index (χ4n) is 2.04. The molecule has 0 aromatic rings.